The molecule has 0 radical (unpaired) electrons. The second-order valence-corrected chi connectivity index (χ2v) is 22.3. The molecule has 2 heterocycles. The van der Waals surface area contributed by atoms with E-state index in [1.54, 1.807) is 0 Å². The van der Waals surface area contributed by atoms with Crippen LogP contribution in [0.2, 0.25) is 19.6 Å². The van der Waals surface area contributed by atoms with E-state index in [0.717, 1.165) is 50.4 Å². The van der Waals surface area contributed by atoms with Crippen molar-refractivity contribution >= 4 is 122 Å². The van der Waals surface area contributed by atoms with E-state index >= 15 is 0 Å². The summed E-state index contributed by atoms with van der Waals surface area (Å²) >= 11 is 1.90. The maximum atomic E-state index is 6.62. The Bertz CT molecular complexity index is 3330. The maximum absolute atomic E-state index is 6.62. The van der Waals surface area contributed by atoms with E-state index in [1.807, 2.05) is 17.4 Å². The summed E-state index contributed by atoms with van der Waals surface area (Å²) in [5.41, 5.74) is 8.41. The molecule has 0 atom stereocenters. The molecule has 5 heteroatoms. The van der Waals surface area contributed by atoms with Gasteiger partial charge in [-0.15, -0.1) is 11.3 Å². The summed E-state index contributed by atoms with van der Waals surface area (Å²) in [7, 11) is -1.44. The second kappa shape index (κ2) is 13.5. The Morgan fingerprint density at radius 1 is 0.414 bits per heavy atom. The summed E-state index contributed by atoms with van der Waals surface area (Å²) in [6.07, 6.45) is 0. The monoisotopic (exact) mass is 780 g/mol. The molecule has 0 unspecified atom stereocenters. The molecule has 0 fully saturated rings. The summed E-state index contributed by atoms with van der Waals surface area (Å²) in [5, 5.41) is 11.3. The van der Waals surface area contributed by atoms with Crippen LogP contribution >= 0.6 is 11.3 Å². The van der Waals surface area contributed by atoms with E-state index < -0.39 is 8.07 Å². The number of hydrogen-bond acceptors (Lipinski definition) is 4. The van der Waals surface area contributed by atoms with Gasteiger partial charge in [-0.2, -0.15) is 0 Å². The molecule has 58 heavy (non-hydrogen) atoms. The highest BCUT2D eigenvalue weighted by molar-refractivity contribution is 7.27. The largest absolute Gasteiger partial charge is 0.454 e. The molecule has 3 nitrogen and oxygen atoms in total. The van der Waals surface area contributed by atoms with Crippen LogP contribution in [-0.2, 0) is 0 Å². The standard InChI is InChI=1S/C53H40N2OSSi/c1-58(2,3)40-29-25-37(26-30-40)54(35-15-6-4-7-16-35)39-28-32-46-50(34-39)57-53-45-31-27-38(33-47(45)41-19-10-11-21-43(41)51(46)53)55(36-17-8-5-9-18-36)48-23-14-22-44-42-20-12-13-24-49(42)56-52(44)48/h4-34H,1-3H3. The third-order valence-corrected chi connectivity index (χ3v) is 14.8. The van der Waals surface area contributed by atoms with Crippen molar-refractivity contribution in [1.82, 2.24) is 0 Å². The van der Waals surface area contributed by atoms with Crippen molar-refractivity contribution in [1.29, 1.82) is 0 Å². The molecular weight excluding hydrogens is 741 g/mol. The quantitative estimate of drug-likeness (QED) is 0.119. The fourth-order valence-corrected chi connectivity index (χ4v) is 11.2. The molecule has 0 saturated heterocycles. The van der Waals surface area contributed by atoms with E-state index in [1.165, 1.54) is 52.6 Å². The first-order valence-electron chi connectivity index (χ1n) is 19.9. The van der Waals surface area contributed by atoms with Crippen molar-refractivity contribution in [3.63, 3.8) is 0 Å². The van der Waals surface area contributed by atoms with Gasteiger partial charge in [0.2, 0.25) is 0 Å². The predicted octanol–water partition coefficient (Wildman–Crippen LogP) is 15.7. The van der Waals surface area contributed by atoms with Crippen LogP contribution in [0.3, 0.4) is 0 Å². The smallest absolute Gasteiger partial charge is 0.159 e. The van der Waals surface area contributed by atoms with Crippen LogP contribution in [0.5, 0.6) is 0 Å². The third-order valence-electron chi connectivity index (χ3n) is 11.6. The molecule has 0 spiro atoms. The molecule has 0 bridgehead atoms. The first kappa shape index (κ1) is 34.6. The molecule has 278 valence electrons. The Hall–Kier alpha value is -6.66. The van der Waals surface area contributed by atoms with Crippen molar-refractivity contribution < 1.29 is 4.42 Å². The van der Waals surface area contributed by atoms with Gasteiger partial charge < -0.3 is 14.2 Å². The van der Waals surface area contributed by atoms with Gasteiger partial charge in [0.15, 0.2) is 5.58 Å². The average Bonchev–Trinajstić information content (AvgIpc) is 3.84. The van der Waals surface area contributed by atoms with Gasteiger partial charge >= 0.3 is 0 Å². The van der Waals surface area contributed by atoms with Crippen LogP contribution in [0.15, 0.2) is 192 Å². The summed E-state index contributed by atoms with van der Waals surface area (Å²) < 4.78 is 9.20. The van der Waals surface area contributed by atoms with Crippen LogP contribution in [0, 0.1) is 0 Å². The van der Waals surface area contributed by atoms with Crippen LogP contribution in [-0.4, -0.2) is 8.07 Å². The Morgan fingerprint density at radius 3 is 1.71 bits per heavy atom. The molecular formula is C53H40N2OSSi. The molecule has 0 aliphatic rings. The molecule has 0 saturated carbocycles. The van der Waals surface area contributed by atoms with E-state index in [4.69, 9.17) is 4.42 Å². The minimum atomic E-state index is -1.44. The summed E-state index contributed by atoms with van der Waals surface area (Å²) in [4.78, 5) is 4.73. The molecule has 0 aliphatic carbocycles. The fraction of sp³-hybridized carbons (Fsp3) is 0.0566. The summed E-state index contributed by atoms with van der Waals surface area (Å²) in [5.74, 6) is 0. The zero-order valence-corrected chi connectivity index (χ0v) is 34.4. The lowest BCUT2D eigenvalue weighted by Crippen LogP contribution is -2.37. The van der Waals surface area contributed by atoms with Crippen molar-refractivity contribution in [3.8, 4) is 0 Å². The van der Waals surface area contributed by atoms with E-state index in [0.29, 0.717) is 0 Å². The van der Waals surface area contributed by atoms with Gasteiger partial charge in [-0.25, -0.2) is 0 Å². The average molecular weight is 781 g/mol. The number of rotatable bonds is 7. The minimum Gasteiger partial charge on any atom is -0.454 e. The molecule has 11 aromatic rings. The van der Waals surface area contributed by atoms with Crippen molar-refractivity contribution in [2.45, 2.75) is 19.6 Å². The van der Waals surface area contributed by atoms with Crippen molar-refractivity contribution in [2.24, 2.45) is 0 Å². The predicted molar refractivity (Wildman–Crippen MR) is 254 cm³/mol. The number of fused-ring (bicyclic) bond motifs is 11. The van der Waals surface area contributed by atoms with E-state index in [9.17, 15) is 0 Å². The molecule has 11 rings (SSSR count). The lowest BCUT2D eigenvalue weighted by Gasteiger charge is -2.26. The molecule has 0 amide bonds. The Labute approximate surface area is 342 Å². The molecule has 2 aromatic heterocycles. The van der Waals surface area contributed by atoms with Crippen molar-refractivity contribution in [3.05, 3.63) is 188 Å². The lowest BCUT2D eigenvalue weighted by atomic mass is 9.96. The lowest BCUT2D eigenvalue weighted by molar-refractivity contribution is 0.669. The number of para-hydroxylation sites is 4. The minimum absolute atomic E-state index is 0.879. The number of furan rings is 1. The number of thiophene rings is 1. The van der Waals surface area contributed by atoms with Crippen LogP contribution < -0.4 is 15.0 Å². The highest BCUT2D eigenvalue weighted by atomic mass is 32.1. The maximum Gasteiger partial charge on any atom is 0.159 e. The molecule has 0 aliphatic heterocycles. The number of hydrogen-bond donors (Lipinski definition) is 0. The zero-order chi connectivity index (χ0) is 39.0. The van der Waals surface area contributed by atoms with E-state index in [-0.39, 0.29) is 0 Å². The Balaban J connectivity index is 1.11. The highest BCUT2D eigenvalue weighted by Crippen LogP contribution is 2.48. The normalized spacial score (nSPS) is 12.1. The van der Waals surface area contributed by atoms with E-state index in [2.05, 4.69) is 211 Å². The van der Waals surface area contributed by atoms with Gasteiger partial charge in [0.05, 0.1) is 13.8 Å². The van der Waals surface area contributed by atoms with Gasteiger partial charge in [0, 0.05) is 64.8 Å². The number of anilines is 6. The van der Waals surface area contributed by atoms with Crippen LogP contribution in [0.4, 0.5) is 34.1 Å². The topological polar surface area (TPSA) is 19.6 Å². The number of nitrogens with zero attached hydrogens (tertiary/aromatic N) is 2. The zero-order valence-electron chi connectivity index (χ0n) is 32.6. The van der Waals surface area contributed by atoms with Gasteiger partial charge in [-0.3, -0.25) is 0 Å². The SMILES string of the molecule is C[Si](C)(C)c1ccc(N(c2ccccc2)c2ccc3c(c2)sc2c4ccc(N(c5ccccc5)c5cccc6c5oc5ccccc56)cc4c4ccccc4c32)cc1. The first-order chi connectivity index (χ1) is 28.4. The fourth-order valence-electron chi connectivity index (χ4n) is 8.76. The summed E-state index contributed by atoms with van der Waals surface area (Å²) in [6, 6.07) is 68.4. The highest BCUT2D eigenvalue weighted by Gasteiger charge is 2.23. The van der Waals surface area contributed by atoms with Crippen LogP contribution in [0.25, 0.3) is 63.7 Å². The molecule has 0 N–H and O–H groups in total. The molecule has 9 aromatic carbocycles. The third kappa shape index (κ3) is 5.61. The number of benzene rings is 9. The van der Waals surface area contributed by atoms with Gasteiger partial charge in [-0.05, 0) is 89.0 Å². The van der Waals surface area contributed by atoms with Gasteiger partial charge in [0.1, 0.15) is 5.58 Å². The second-order valence-electron chi connectivity index (χ2n) is 16.2. The van der Waals surface area contributed by atoms with Crippen molar-refractivity contribution in [2.75, 3.05) is 9.80 Å². The Morgan fingerprint density at radius 2 is 0.983 bits per heavy atom. The Kier molecular flexibility index (Phi) is 8.04. The first-order valence-corrected chi connectivity index (χ1v) is 24.2. The summed E-state index contributed by atoms with van der Waals surface area (Å²) in [6.45, 7) is 7.22. The van der Waals surface area contributed by atoms with Gasteiger partial charge in [-0.1, -0.05) is 140 Å². The van der Waals surface area contributed by atoms with Crippen LogP contribution in [0.1, 0.15) is 0 Å². The van der Waals surface area contributed by atoms with Gasteiger partial charge in [0.25, 0.3) is 0 Å².